The summed E-state index contributed by atoms with van der Waals surface area (Å²) in [6.07, 6.45) is 4.08. The Morgan fingerprint density at radius 2 is 1.94 bits per heavy atom. The molecule has 0 atom stereocenters. The summed E-state index contributed by atoms with van der Waals surface area (Å²) in [6, 6.07) is 7.22. The molecule has 0 aliphatic carbocycles. The number of benzene rings is 1. The van der Waals surface area contributed by atoms with Gasteiger partial charge in [-0.1, -0.05) is 29.3 Å². The maximum atomic E-state index is 6.09. The third-order valence-electron chi connectivity index (χ3n) is 2.34. The number of aromatic nitrogens is 1. The van der Waals surface area contributed by atoms with E-state index in [0.717, 1.165) is 16.8 Å². The van der Waals surface area contributed by atoms with E-state index in [-0.39, 0.29) is 0 Å². The van der Waals surface area contributed by atoms with Crippen molar-refractivity contribution in [2.24, 2.45) is 0 Å². The third-order valence-corrected chi connectivity index (χ3v) is 2.92. The highest BCUT2D eigenvalue weighted by Crippen LogP contribution is 2.24. The van der Waals surface area contributed by atoms with Gasteiger partial charge in [-0.05, 0) is 29.3 Å². The molecule has 0 spiro atoms. The van der Waals surface area contributed by atoms with Crippen LogP contribution in [0.3, 0.4) is 0 Å². The first-order valence-electron chi connectivity index (χ1n) is 4.79. The summed E-state index contributed by atoms with van der Waals surface area (Å²) in [5, 5.41) is 1.28. The molecule has 1 heterocycles. The first-order chi connectivity index (χ1) is 7.66. The van der Waals surface area contributed by atoms with E-state index >= 15 is 0 Å². The maximum absolute atomic E-state index is 6.09. The van der Waals surface area contributed by atoms with E-state index in [1.54, 1.807) is 24.5 Å². The first kappa shape index (κ1) is 11.2. The van der Waals surface area contributed by atoms with Crippen LogP contribution >= 0.6 is 23.2 Å². The molecule has 0 aliphatic heterocycles. The fraction of sp³-hybridized carbons (Fsp3) is 0.0833. The number of rotatable bonds is 2. The second kappa shape index (κ2) is 4.73. The summed E-state index contributed by atoms with van der Waals surface area (Å²) in [5.41, 5.74) is 8.52. The van der Waals surface area contributed by atoms with E-state index in [0.29, 0.717) is 16.5 Å². The van der Waals surface area contributed by atoms with Gasteiger partial charge >= 0.3 is 0 Å². The van der Waals surface area contributed by atoms with Gasteiger partial charge in [-0.15, -0.1) is 0 Å². The van der Waals surface area contributed by atoms with Gasteiger partial charge in [-0.25, -0.2) is 0 Å². The Hall–Kier alpha value is -1.25. The Kier molecular flexibility index (Phi) is 3.32. The zero-order valence-corrected chi connectivity index (χ0v) is 9.96. The lowest BCUT2D eigenvalue weighted by molar-refractivity contribution is 1.15. The minimum Gasteiger partial charge on any atom is -0.398 e. The monoisotopic (exact) mass is 252 g/mol. The van der Waals surface area contributed by atoms with Crippen molar-refractivity contribution in [2.75, 3.05) is 5.73 Å². The summed E-state index contributed by atoms with van der Waals surface area (Å²) in [4.78, 5) is 4.04. The predicted octanol–water partition coefficient (Wildman–Crippen LogP) is 3.56. The van der Waals surface area contributed by atoms with Crippen molar-refractivity contribution in [3.63, 3.8) is 0 Å². The van der Waals surface area contributed by atoms with Crippen molar-refractivity contribution in [3.05, 3.63) is 57.8 Å². The molecule has 0 unspecified atom stereocenters. The van der Waals surface area contributed by atoms with Crippen LogP contribution in [0.1, 0.15) is 11.1 Å². The maximum Gasteiger partial charge on any atom is 0.0456 e. The lowest BCUT2D eigenvalue weighted by Gasteiger charge is -2.06. The smallest absolute Gasteiger partial charge is 0.0456 e. The molecule has 0 saturated heterocycles. The van der Waals surface area contributed by atoms with Crippen LogP contribution < -0.4 is 5.73 Å². The average molecular weight is 253 g/mol. The molecule has 0 aliphatic rings. The zero-order valence-electron chi connectivity index (χ0n) is 8.45. The van der Waals surface area contributed by atoms with Crippen molar-refractivity contribution in [3.8, 4) is 0 Å². The first-order valence-corrected chi connectivity index (χ1v) is 5.54. The highest BCUT2D eigenvalue weighted by molar-refractivity contribution is 6.35. The summed E-state index contributed by atoms with van der Waals surface area (Å²) in [7, 11) is 0. The highest BCUT2D eigenvalue weighted by atomic mass is 35.5. The van der Waals surface area contributed by atoms with Gasteiger partial charge in [0.25, 0.3) is 0 Å². The van der Waals surface area contributed by atoms with Crippen LogP contribution in [0.15, 0.2) is 36.7 Å². The van der Waals surface area contributed by atoms with Crippen LogP contribution in [-0.2, 0) is 6.42 Å². The predicted molar refractivity (Wildman–Crippen MR) is 67.9 cm³/mol. The SMILES string of the molecule is Nc1ccncc1Cc1ccc(Cl)cc1Cl. The van der Waals surface area contributed by atoms with Gasteiger partial charge in [0.15, 0.2) is 0 Å². The molecular formula is C12H10Cl2N2. The van der Waals surface area contributed by atoms with Crippen LogP contribution in [0, 0.1) is 0 Å². The minimum absolute atomic E-state index is 0.632. The number of anilines is 1. The number of hydrogen-bond acceptors (Lipinski definition) is 2. The molecule has 1 aromatic carbocycles. The van der Waals surface area contributed by atoms with E-state index in [4.69, 9.17) is 28.9 Å². The van der Waals surface area contributed by atoms with Gasteiger partial charge in [0.1, 0.15) is 0 Å². The Bertz CT molecular complexity index is 512. The molecule has 82 valence electrons. The van der Waals surface area contributed by atoms with Crippen LogP contribution in [-0.4, -0.2) is 4.98 Å². The quantitative estimate of drug-likeness (QED) is 0.888. The molecule has 1 aromatic heterocycles. The summed E-state index contributed by atoms with van der Waals surface area (Å²) in [6.45, 7) is 0. The van der Waals surface area contributed by atoms with Gasteiger partial charge in [0.2, 0.25) is 0 Å². The number of pyridine rings is 1. The summed E-state index contributed by atoms with van der Waals surface area (Å²) >= 11 is 11.9. The molecule has 2 N–H and O–H groups in total. The molecule has 0 amide bonds. The number of nitrogens with zero attached hydrogens (tertiary/aromatic N) is 1. The molecule has 0 radical (unpaired) electrons. The number of halogens is 2. The van der Waals surface area contributed by atoms with Crippen LogP contribution in [0.25, 0.3) is 0 Å². The summed E-state index contributed by atoms with van der Waals surface area (Å²) < 4.78 is 0. The van der Waals surface area contributed by atoms with Crippen molar-refractivity contribution < 1.29 is 0 Å². The Morgan fingerprint density at radius 3 is 2.62 bits per heavy atom. The van der Waals surface area contributed by atoms with Crippen LogP contribution in [0.2, 0.25) is 10.0 Å². The normalized spacial score (nSPS) is 10.4. The molecular weight excluding hydrogens is 243 g/mol. The molecule has 0 fully saturated rings. The van der Waals surface area contributed by atoms with Crippen LogP contribution in [0.5, 0.6) is 0 Å². The Labute approximate surface area is 104 Å². The second-order valence-corrected chi connectivity index (χ2v) is 4.33. The average Bonchev–Trinajstić information content (AvgIpc) is 2.25. The fourth-order valence-corrected chi connectivity index (χ4v) is 1.93. The van der Waals surface area contributed by atoms with Crippen molar-refractivity contribution >= 4 is 28.9 Å². The lowest BCUT2D eigenvalue weighted by Crippen LogP contribution is -1.96. The Balaban J connectivity index is 2.31. The molecule has 16 heavy (non-hydrogen) atoms. The van der Waals surface area contributed by atoms with E-state index in [2.05, 4.69) is 4.98 Å². The zero-order chi connectivity index (χ0) is 11.5. The van der Waals surface area contributed by atoms with Gasteiger partial charge < -0.3 is 5.73 Å². The number of nitrogens with two attached hydrogens (primary N) is 1. The van der Waals surface area contributed by atoms with Gasteiger partial charge in [-0.2, -0.15) is 0 Å². The Morgan fingerprint density at radius 1 is 1.12 bits per heavy atom. The molecule has 0 saturated carbocycles. The summed E-state index contributed by atoms with van der Waals surface area (Å²) in [5.74, 6) is 0. The van der Waals surface area contributed by atoms with Crippen molar-refractivity contribution in [2.45, 2.75) is 6.42 Å². The van der Waals surface area contributed by atoms with E-state index in [9.17, 15) is 0 Å². The largest absolute Gasteiger partial charge is 0.398 e. The molecule has 4 heteroatoms. The molecule has 2 aromatic rings. The van der Waals surface area contributed by atoms with E-state index in [1.165, 1.54) is 0 Å². The third kappa shape index (κ3) is 2.46. The minimum atomic E-state index is 0.632. The fourth-order valence-electron chi connectivity index (χ4n) is 1.46. The highest BCUT2D eigenvalue weighted by Gasteiger charge is 2.05. The molecule has 2 rings (SSSR count). The standard InChI is InChI=1S/C12H10Cl2N2/c13-10-2-1-8(11(14)6-10)5-9-7-16-4-3-12(9)15/h1-4,6-7H,5H2,(H2,15,16). The van der Waals surface area contributed by atoms with Crippen molar-refractivity contribution in [1.82, 2.24) is 4.98 Å². The molecule has 0 bridgehead atoms. The van der Waals surface area contributed by atoms with Gasteiger partial charge in [0.05, 0.1) is 0 Å². The molecule has 2 nitrogen and oxygen atoms in total. The topological polar surface area (TPSA) is 38.9 Å². The van der Waals surface area contributed by atoms with Gasteiger partial charge in [-0.3, -0.25) is 4.98 Å². The lowest BCUT2D eigenvalue weighted by atomic mass is 10.1. The number of nitrogen functional groups attached to an aromatic ring is 1. The van der Waals surface area contributed by atoms with Crippen molar-refractivity contribution in [1.29, 1.82) is 0 Å². The number of hydrogen-bond donors (Lipinski definition) is 1. The van der Waals surface area contributed by atoms with Gasteiger partial charge in [0, 0.05) is 34.5 Å². The van der Waals surface area contributed by atoms with E-state index in [1.807, 2.05) is 12.1 Å². The second-order valence-electron chi connectivity index (χ2n) is 3.49. The van der Waals surface area contributed by atoms with Crippen LogP contribution in [0.4, 0.5) is 5.69 Å². The van der Waals surface area contributed by atoms with E-state index < -0.39 is 0 Å².